The van der Waals surface area contributed by atoms with Gasteiger partial charge in [-0.05, 0) is 33.6 Å². The third kappa shape index (κ3) is 7.04. The summed E-state index contributed by atoms with van der Waals surface area (Å²) < 4.78 is 10.3. The van der Waals surface area contributed by atoms with Crippen LogP contribution in [-0.4, -0.2) is 31.1 Å². The summed E-state index contributed by atoms with van der Waals surface area (Å²) in [5.74, 6) is -0.254. The third-order valence-electron chi connectivity index (χ3n) is 3.40. The standard InChI is InChI=1S/C16H30O4/c1-8-20-13(17)10-9-12(11-16(5,6)19-7)14(18)15(2,3)4/h12H,8-11H2,1-7H3. The molecule has 0 rings (SSSR count). The maximum atomic E-state index is 12.5. The smallest absolute Gasteiger partial charge is 0.305 e. The van der Waals surface area contributed by atoms with Crippen molar-refractivity contribution in [2.45, 2.75) is 66.4 Å². The van der Waals surface area contributed by atoms with Crippen LogP contribution in [0.3, 0.4) is 0 Å². The molecule has 0 radical (unpaired) electrons. The van der Waals surface area contributed by atoms with E-state index in [2.05, 4.69) is 0 Å². The van der Waals surface area contributed by atoms with Crippen LogP contribution in [0.1, 0.15) is 60.8 Å². The Morgan fingerprint density at radius 1 is 1.10 bits per heavy atom. The molecule has 0 aliphatic rings. The number of ether oxygens (including phenoxy) is 2. The van der Waals surface area contributed by atoms with Gasteiger partial charge >= 0.3 is 5.97 Å². The molecule has 0 aromatic carbocycles. The minimum Gasteiger partial charge on any atom is -0.466 e. The molecule has 0 aliphatic heterocycles. The van der Waals surface area contributed by atoms with Gasteiger partial charge in [0.15, 0.2) is 0 Å². The molecule has 0 N–H and O–H groups in total. The maximum absolute atomic E-state index is 12.5. The molecule has 0 saturated heterocycles. The van der Waals surface area contributed by atoms with E-state index in [4.69, 9.17) is 9.47 Å². The summed E-state index contributed by atoms with van der Waals surface area (Å²) in [5, 5.41) is 0. The Labute approximate surface area is 123 Å². The van der Waals surface area contributed by atoms with Gasteiger partial charge < -0.3 is 9.47 Å². The van der Waals surface area contributed by atoms with Crippen molar-refractivity contribution in [1.82, 2.24) is 0 Å². The number of hydrogen-bond acceptors (Lipinski definition) is 4. The van der Waals surface area contributed by atoms with Crippen molar-refractivity contribution < 1.29 is 19.1 Å². The predicted molar refractivity (Wildman–Crippen MR) is 79.5 cm³/mol. The number of ketones is 1. The van der Waals surface area contributed by atoms with Crippen molar-refractivity contribution in [2.75, 3.05) is 13.7 Å². The van der Waals surface area contributed by atoms with Crippen molar-refractivity contribution in [3.05, 3.63) is 0 Å². The zero-order chi connectivity index (χ0) is 16.0. The van der Waals surface area contributed by atoms with E-state index in [1.807, 2.05) is 34.6 Å². The summed E-state index contributed by atoms with van der Waals surface area (Å²) in [5.41, 5.74) is -0.788. The minimum atomic E-state index is -0.414. The normalized spacial score (nSPS) is 13.9. The number of carbonyl (C=O) groups excluding carboxylic acids is 2. The Bertz CT molecular complexity index is 326. The largest absolute Gasteiger partial charge is 0.466 e. The van der Waals surface area contributed by atoms with Crippen LogP contribution in [0.15, 0.2) is 0 Å². The molecule has 118 valence electrons. The molecule has 1 atom stereocenters. The van der Waals surface area contributed by atoms with Crippen LogP contribution in [-0.2, 0) is 19.1 Å². The molecule has 0 fully saturated rings. The van der Waals surface area contributed by atoms with Crippen LogP contribution in [0.4, 0.5) is 0 Å². The van der Waals surface area contributed by atoms with Crippen molar-refractivity contribution in [1.29, 1.82) is 0 Å². The Balaban J connectivity index is 4.81. The van der Waals surface area contributed by atoms with Crippen LogP contribution < -0.4 is 0 Å². The lowest BCUT2D eigenvalue weighted by Crippen LogP contribution is -2.35. The van der Waals surface area contributed by atoms with E-state index in [0.29, 0.717) is 19.4 Å². The summed E-state index contributed by atoms with van der Waals surface area (Å²) >= 11 is 0. The molecule has 0 heterocycles. The number of hydrogen-bond donors (Lipinski definition) is 0. The van der Waals surface area contributed by atoms with Gasteiger partial charge in [-0.25, -0.2) is 0 Å². The SMILES string of the molecule is CCOC(=O)CCC(CC(C)(C)OC)C(=O)C(C)(C)C. The zero-order valence-corrected chi connectivity index (χ0v) is 14.0. The van der Waals surface area contributed by atoms with Gasteiger partial charge in [0.1, 0.15) is 5.78 Å². The molecule has 0 aromatic heterocycles. The summed E-state index contributed by atoms with van der Waals surface area (Å²) in [6.07, 6.45) is 1.40. The predicted octanol–water partition coefficient (Wildman–Crippen LogP) is 3.38. The molecule has 0 aliphatic carbocycles. The molecule has 1 unspecified atom stereocenters. The summed E-state index contributed by atoms with van der Waals surface area (Å²) in [4.78, 5) is 24.0. The van der Waals surface area contributed by atoms with Crippen LogP contribution >= 0.6 is 0 Å². The second kappa shape index (κ2) is 7.77. The number of methoxy groups -OCH3 is 1. The first-order valence-electron chi connectivity index (χ1n) is 7.28. The van der Waals surface area contributed by atoms with Gasteiger partial charge in [0.2, 0.25) is 0 Å². The van der Waals surface area contributed by atoms with Crippen molar-refractivity contribution in [2.24, 2.45) is 11.3 Å². The monoisotopic (exact) mass is 286 g/mol. The minimum absolute atomic E-state index is 0.173. The molecule has 20 heavy (non-hydrogen) atoms. The van der Waals surface area contributed by atoms with Crippen molar-refractivity contribution >= 4 is 11.8 Å². The van der Waals surface area contributed by atoms with Gasteiger partial charge in [0.25, 0.3) is 0 Å². The van der Waals surface area contributed by atoms with E-state index in [9.17, 15) is 9.59 Å². The van der Waals surface area contributed by atoms with Crippen molar-refractivity contribution in [3.8, 4) is 0 Å². The average Bonchev–Trinajstić information content (AvgIpc) is 2.32. The van der Waals surface area contributed by atoms with Crippen LogP contribution in [0.5, 0.6) is 0 Å². The lowest BCUT2D eigenvalue weighted by atomic mass is 9.77. The Kier molecular flexibility index (Phi) is 7.42. The fourth-order valence-electron chi connectivity index (χ4n) is 2.14. The fraction of sp³-hybridized carbons (Fsp3) is 0.875. The first-order valence-corrected chi connectivity index (χ1v) is 7.28. The van der Waals surface area contributed by atoms with Gasteiger partial charge in [0, 0.05) is 24.9 Å². The molecule has 0 aromatic rings. The summed E-state index contributed by atoms with van der Waals surface area (Å²) in [6, 6.07) is 0. The molecular weight excluding hydrogens is 256 g/mol. The topological polar surface area (TPSA) is 52.6 Å². The molecule has 0 amide bonds. The number of rotatable bonds is 8. The van der Waals surface area contributed by atoms with Crippen LogP contribution in [0.25, 0.3) is 0 Å². The molecule has 0 spiro atoms. The molecule has 0 saturated carbocycles. The molecular formula is C16H30O4. The highest BCUT2D eigenvalue weighted by molar-refractivity contribution is 5.86. The molecule has 4 heteroatoms. The van der Waals surface area contributed by atoms with E-state index in [0.717, 1.165) is 0 Å². The molecule has 4 nitrogen and oxygen atoms in total. The third-order valence-corrected chi connectivity index (χ3v) is 3.40. The van der Waals surface area contributed by atoms with E-state index < -0.39 is 5.41 Å². The number of esters is 1. The molecule has 0 bridgehead atoms. The van der Waals surface area contributed by atoms with Gasteiger partial charge in [0.05, 0.1) is 12.2 Å². The maximum Gasteiger partial charge on any atom is 0.305 e. The highest BCUT2D eigenvalue weighted by Gasteiger charge is 2.34. The first-order chi connectivity index (χ1) is 9.03. The van der Waals surface area contributed by atoms with Gasteiger partial charge in [-0.1, -0.05) is 20.8 Å². The average molecular weight is 286 g/mol. The van der Waals surface area contributed by atoms with E-state index in [1.165, 1.54) is 0 Å². The van der Waals surface area contributed by atoms with Crippen LogP contribution in [0, 0.1) is 11.3 Å². The zero-order valence-electron chi connectivity index (χ0n) is 14.0. The highest BCUT2D eigenvalue weighted by Crippen LogP contribution is 2.30. The Hall–Kier alpha value is -0.900. The highest BCUT2D eigenvalue weighted by atomic mass is 16.5. The van der Waals surface area contributed by atoms with Crippen LogP contribution in [0.2, 0.25) is 0 Å². The van der Waals surface area contributed by atoms with Gasteiger partial charge in [-0.2, -0.15) is 0 Å². The lowest BCUT2D eigenvalue weighted by molar-refractivity contribution is -0.144. The van der Waals surface area contributed by atoms with E-state index in [1.54, 1.807) is 14.0 Å². The van der Waals surface area contributed by atoms with Gasteiger partial charge in [-0.3, -0.25) is 9.59 Å². The summed E-state index contributed by atoms with van der Waals surface area (Å²) in [6.45, 7) is 11.8. The number of Topliss-reactive ketones (excluding diaryl/α,β-unsaturated/α-hetero) is 1. The summed E-state index contributed by atoms with van der Waals surface area (Å²) in [7, 11) is 1.64. The van der Waals surface area contributed by atoms with E-state index in [-0.39, 0.29) is 29.7 Å². The number of carbonyl (C=O) groups is 2. The first kappa shape index (κ1) is 19.1. The van der Waals surface area contributed by atoms with Crippen molar-refractivity contribution in [3.63, 3.8) is 0 Å². The second-order valence-electron chi connectivity index (χ2n) is 6.82. The van der Waals surface area contributed by atoms with Gasteiger partial charge in [-0.15, -0.1) is 0 Å². The lowest BCUT2D eigenvalue weighted by Gasteiger charge is -2.31. The Morgan fingerprint density at radius 2 is 1.65 bits per heavy atom. The second-order valence-corrected chi connectivity index (χ2v) is 6.82. The fourth-order valence-corrected chi connectivity index (χ4v) is 2.14. The Morgan fingerprint density at radius 3 is 2.05 bits per heavy atom. The van der Waals surface area contributed by atoms with E-state index >= 15 is 0 Å². The quantitative estimate of drug-likeness (QED) is 0.642.